The van der Waals surface area contributed by atoms with Crippen molar-refractivity contribution in [2.45, 2.75) is 20.0 Å². The molecule has 84 valence electrons. The lowest BCUT2D eigenvalue weighted by atomic mass is 10.0. The highest BCUT2D eigenvalue weighted by Gasteiger charge is 2.16. The maximum atomic E-state index is 6.11. The number of benzene rings is 1. The Balaban J connectivity index is 3.26. The molecular formula is C12H20N2O. The molecule has 3 nitrogen and oxygen atoms in total. The zero-order valence-electron chi connectivity index (χ0n) is 10.2. The number of hydrogen-bond acceptors (Lipinski definition) is 3. The van der Waals surface area contributed by atoms with E-state index >= 15 is 0 Å². The lowest BCUT2D eigenvalue weighted by Gasteiger charge is -2.24. The molecule has 0 radical (unpaired) electrons. The third kappa shape index (κ3) is 2.49. The van der Waals surface area contributed by atoms with E-state index in [9.17, 15) is 0 Å². The molecule has 1 unspecified atom stereocenters. The van der Waals surface area contributed by atoms with E-state index in [0.29, 0.717) is 0 Å². The van der Waals surface area contributed by atoms with Crippen LogP contribution < -0.4 is 10.5 Å². The standard InChI is InChI=1S/C12H20N2O/c1-8-6-9(2)11(10(7-8)15-5)12(13)14(3)4/h6-7,12H,13H2,1-5H3. The molecule has 0 aliphatic heterocycles. The van der Waals surface area contributed by atoms with Gasteiger partial charge >= 0.3 is 0 Å². The molecule has 3 heteroatoms. The fourth-order valence-corrected chi connectivity index (χ4v) is 1.75. The largest absolute Gasteiger partial charge is 0.496 e. The lowest BCUT2D eigenvalue weighted by molar-refractivity contribution is 0.294. The summed E-state index contributed by atoms with van der Waals surface area (Å²) in [6.45, 7) is 4.12. The number of hydrogen-bond donors (Lipinski definition) is 1. The molecule has 0 saturated carbocycles. The summed E-state index contributed by atoms with van der Waals surface area (Å²) >= 11 is 0. The average molecular weight is 208 g/mol. The normalized spacial score (nSPS) is 13.0. The highest BCUT2D eigenvalue weighted by atomic mass is 16.5. The molecule has 0 aliphatic rings. The summed E-state index contributed by atoms with van der Waals surface area (Å²) in [5, 5.41) is 0. The van der Waals surface area contributed by atoms with Crippen LogP contribution in [-0.2, 0) is 0 Å². The van der Waals surface area contributed by atoms with Crippen molar-refractivity contribution in [2.75, 3.05) is 21.2 Å². The summed E-state index contributed by atoms with van der Waals surface area (Å²) < 4.78 is 5.37. The minimum Gasteiger partial charge on any atom is -0.496 e. The number of methoxy groups -OCH3 is 1. The predicted octanol–water partition coefficient (Wildman–Crippen LogP) is 1.83. The fourth-order valence-electron chi connectivity index (χ4n) is 1.75. The third-order valence-corrected chi connectivity index (χ3v) is 2.57. The number of nitrogens with two attached hydrogens (primary N) is 1. The Labute approximate surface area is 91.8 Å². The van der Waals surface area contributed by atoms with E-state index in [1.807, 2.05) is 25.1 Å². The number of nitrogens with zero attached hydrogens (tertiary/aromatic N) is 1. The minimum atomic E-state index is -0.124. The Hall–Kier alpha value is -1.06. The van der Waals surface area contributed by atoms with Gasteiger partial charge in [0.2, 0.25) is 0 Å². The van der Waals surface area contributed by atoms with Crippen LogP contribution in [0.5, 0.6) is 5.75 Å². The summed E-state index contributed by atoms with van der Waals surface area (Å²) in [5.41, 5.74) is 9.54. The van der Waals surface area contributed by atoms with E-state index in [0.717, 1.165) is 11.3 Å². The van der Waals surface area contributed by atoms with Gasteiger partial charge in [-0.1, -0.05) is 6.07 Å². The fraction of sp³-hybridized carbons (Fsp3) is 0.500. The van der Waals surface area contributed by atoms with Crippen LogP contribution >= 0.6 is 0 Å². The zero-order chi connectivity index (χ0) is 11.6. The molecule has 2 N–H and O–H groups in total. The first-order valence-corrected chi connectivity index (χ1v) is 5.04. The summed E-state index contributed by atoms with van der Waals surface area (Å²) in [7, 11) is 5.60. The van der Waals surface area contributed by atoms with E-state index in [4.69, 9.17) is 10.5 Å². The van der Waals surface area contributed by atoms with Crippen molar-refractivity contribution < 1.29 is 4.74 Å². The van der Waals surface area contributed by atoms with Crippen molar-refractivity contribution in [2.24, 2.45) is 5.73 Å². The van der Waals surface area contributed by atoms with E-state index in [2.05, 4.69) is 19.9 Å². The van der Waals surface area contributed by atoms with Gasteiger partial charge in [0.05, 0.1) is 13.3 Å². The van der Waals surface area contributed by atoms with Crippen LogP contribution in [0.2, 0.25) is 0 Å². The molecule has 0 fully saturated rings. The molecule has 0 heterocycles. The van der Waals surface area contributed by atoms with Gasteiger partial charge in [0, 0.05) is 5.56 Å². The van der Waals surface area contributed by atoms with Crippen molar-refractivity contribution in [3.63, 3.8) is 0 Å². The van der Waals surface area contributed by atoms with Gasteiger partial charge in [0.15, 0.2) is 0 Å². The van der Waals surface area contributed by atoms with Gasteiger partial charge in [0.1, 0.15) is 5.75 Å². The monoisotopic (exact) mass is 208 g/mol. The van der Waals surface area contributed by atoms with E-state index in [1.54, 1.807) is 7.11 Å². The van der Waals surface area contributed by atoms with Gasteiger partial charge in [0.25, 0.3) is 0 Å². The Morgan fingerprint density at radius 2 is 1.87 bits per heavy atom. The Kier molecular flexibility index (Phi) is 3.72. The van der Waals surface area contributed by atoms with Crippen LogP contribution in [0, 0.1) is 13.8 Å². The van der Waals surface area contributed by atoms with Crippen molar-refractivity contribution in [3.8, 4) is 5.75 Å². The molecule has 0 aromatic heterocycles. The minimum absolute atomic E-state index is 0.124. The van der Waals surface area contributed by atoms with Crippen LogP contribution in [0.1, 0.15) is 22.9 Å². The van der Waals surface area contributed by atoms with E-state index in [-0.39, 0.29) is 6.17 Å². The molecule has 15 heavy (non-hydrogen) atoms. The van der Waals surface area contributed by atoms with Crippen LogP contribution in [0.4, 0.5) is 0 Å². The lowest BCUT2D eigenvalue weighted by Crippen LogP contribution is -2.28. The van der Waals surface area contributed by atoms with Gasteiger partial charge < -0.3 is 10.5 Å². The van der Waals surface area contributed by atoms with Gasteiger partial charge in [-0.05, 0) is 45.1 Å². The Morgan fingerprint density at radius 1 is 1.27 bits per heavy atom. The molecular weight excluding hydrogens is 188 g/mol. The average Bonchev–Trinajstić information content (AvgIpc) is 2.15. The Morgan fingerprint density at radius 3 is 2.33 bits per heavy atom. The van der Waals surface area contributed by atoms with Crippen LogP contribution in [0.15, 0.2) is 12.1 Å². The first kappa shape index (κ1) is 12.0. The Bertz CT molecular complexity index is 348. The molecule has 0 bridgehead atoms. The molecule has 1 rings (SSSR count). The van der Waals surface area contributed by atoms with Crippen LogP contribution in [0.3, 0.4) is 0 Å². The summed E-state index contributed by atoms with van der Waals surface area (Å²) in [5.74, 6) is 0.869. The maximum absolute atomic E-state index is 6.11. The van der Waals surface area contributed by atoms with Crippen molar-refractivity contribution in [1.82, 2.24) is 4.90 Å². The third-order valence-electron chi connectivity index (χ3n) is 2.57. The molecule has 0 aliphatic carbocycles. The van der Waals surface area contributed by atoms with Gasteiger partial charge in [-0.15, -0.1) is 0 Å². The van der Waals surface area contributed by atoms with Gasteiger partial charge in [-0.25, -0.2) is 0 Å². The SMILES string of the molecule is COc1cc(C)cc(C)c1C(N)N(C)C. The topological polar surface area (TPSA) is 38.5 Å². The van der Waals surface area contributed by atoms with Crippen LogP contribution in [-0.4, -0.2) is 26.1 Å². The molecule has 1 aromatic rings. The molecule has 0 saturated heterocycles. The second kappa shape index (κ2) is 4.64. The maximum Gasteiger partial charge on any atom is 0.125 e. The summed E-state index contributed by atoms with van der Waals surface area (Å²) in [6, 6.07) is 4.15. The number of rotatable bonds is 3. The number of ether oxygens (including phenoxy) is 1. The van der Waals surface area contributed by atoms with E-state index < -0.39 is 0 Å². The molecule has 1 atom stereocenters. The van der Waals surface area contributed by atoms with Gasteiger partial charge in [-0.2, -0.15) is 0 Å². The summed E-state index contributed by atoms with van der Waals surface area (Å²) in [6.07, 6.45) is -0.124. The quantitative estimate of drug-likeness (QED) is 0.770. The molecule has 0 spiro atoms. The highest BCUT2D eigenvalue weighted by molar-refractivity contribution is 5.44. The second-order valence-electron chi connectivity index (χ2n) is 4.11. The van der Waals surface area contributed by atoms with Gasteiger partial charge in [-0.3, -0.25) is 4.90 Å². The van der Waals surface area contributed by atoms with Crippen molar-refractivity contribution in [3.05, 3.63) is 28.8 Å². The molecule has 1 aromatic carbocycles. The first-order valence-electron chi connectivity index (χ1n) is 5.04. The zero-order valence-corrected chi connectivity index (χ0v) is 10.2. The smallest absolute Gasteiger partial charge is 0.125 e. The highest BCUT2D eigenvalue weighted by Crippen LogP contribution is 2.29. The van der Waals surface area contributed by atoms with Crippen molar-refractivity contribution >= 4 is 0 Å². The summed E-state index contributed by atoms with van der Waals surface area (Å²) in [4.78, 5) is 1.97. The first-order chi connectivity index (χ1) is 6.97. The predicted molar refractivity (Wildman–Crippen MR) is 63.1 cm³/mol. The second-order valence-corrected chi connectivity index (χ2v) is 4.11. The van der Waals surface area contributed by atoms with Crippen molar-refractivity contribution in [1.29, 1.82) is 0 Å². The molecule has 0 amide bonds. The number of aryl methyl sites for hydroxylation is 2. The van der Waals surface area contributed by atoms with E-state index in [1.165, 1.54) is 11.1 Å². The van der Waals surface area contributed by atoms with Crippen LogP contribution in [0.25, 0.3) is 0 Å².